The van der Waals surface area contributed by atoms with Crippen LogP contribution in [0.5, 0.6) is 0 Å². The van der Waals surface area contributed by atoms with Gasteiger partial charge in [0.25, 0.3) is 0 Å². The van der Waals surface area contributed by atoms with Crippen LogP contribution in [0.2, 0.25) is 0 Å². The Kier molecular flexibility index (Phi) is 6.99. The molecule has 1 saturated heterocycles. The van der Waals surface area contributed by atoms with Crippen LogP contribution in [0.15, 0.2) is 34.1 Å². The van der Waals surface area contributed by atoms with Crippen molar-refractivity contribution in [3.63, 3.8) is 0 Å². The van der Waals surface area contributed by atoms with Crippen LogP contribution in [0, 0.1) is 5.92 Å². The molecule has 0 spiro atoms. The maximum Gasteiger partial charge on any atom is 0.243 e. The predicted octanol–water partition coefficient (Wildman–Crippen LogP) is 0.376. The van der Waals surface area contributed by atoms with Gasteiger partial charge in [-0.3, -0.25) is 0 Å². The Morgan fingerprint density at radius 2 is 1.74 bits per heavy atom. The number of nitrogens with zero attached hydrogens (tertiary/aromatic N) is 1. The van der Waals surface area contributed by atoms with E-state index in [1.807, 2.05) is 0 Å². The van der Waals surface area contributed by atoms with E-state index in [9.17, 15) is 16.8 Å². The number of nitrogens with one attached hydrogen (secondary N) is 1. The Morgan fingerprint density at radius 1 is 1.17 bits per heavy atom. The number of nitrogens with two attached hydrogens (primary N) is 1. The zero-order chi connectivity index (χ0) is 16.4. The fraction of sp³-hybridized carbons (Fsp3) is 0.538. The second-order valence-electron chi connectivity index (χ2n) is 5.29. The highest BCUT2D eigenvalue weighted by Gasteiger charge is 2.29. The van der Waals surface area contributed by atoms with Crippen molar-refractivity contribution >= 4 is 32.5 Å². The fourth-order valence-corrected chi connectivity index (χ4v) is 4.78. The Balaban J connectivity index is 0.00000264. The van der Waals surface area contributed by atoms with Crippen molar-refractivity contribution in [2.45, 2.75) is 22.6 Å². The largest absolute Gasteiger partial charge is 0.330 e. The molecular weight excluding hydrogens is 362 g/mol. The monoisotopic (exact) mass is 383 g/mol. The van der Waals surface area contributed by atoms with E-state index in [-0.39, 0.29) is 28.1 Å². The second-order valence-corrected chi connectivity index (χ2v) is 9.11. The Labute approximate surface area is 143 Å². The van der Waals surface area contributed by atoms with E-state index in [1.165, 1.54) is 35.6 Å². The number of benzene rings is 1. The number of hydrogen-bond acceptors (Lipinski definition) is 5. The van der Waals surface area contributed by atoms with Gasteiger partial charge >= 0.3 is 0 Å². The summed E-state index contributed by atoms with van der Waals surface area (Å²) in [7, 11) is -5.88. The van der Waals surface area contributed by atoms with Gasteiger partial charge in [0.05, 0.1) is 9.79 Å². The van der Waals surface area contributed by atoms with Crippen LogP contribution in [0.25, 0.3) is 0 Å². The summed E-state index contributed by atoms with van der Waals surface area (Å²) in [4.78, 5) is 0.132. The third-order valence-electron chi connectivity index (χ3n) is 3.86. The lowest BCUT2D eigenvalue weighted by Crippen LogP contribution is -2.41. The molecule has 132 valence electrons. The van der Waals surface area contributed by atoms with Crippen molar-refractivity contribution < 1.29 is 16.8 Å². The van der Waals surface area contributed by atoms with Gasteiger partial charge in [-0.15, -0.1) is 12.4 Å². The van der Waals surface area contributed by atoms with Gasteiger partial charge in [0.1, 0.15) is 0 Å². The molecule has 7 nitrogen and oxygen atoms in total. The summed E-state index contributed by atoms with van der Waals surface area (Å²) in [6.07, 6.45) is 1.72. The van der Waals surface area contributed by atoms with Crippen LogP contribution in [0.4, 0.5) is 0 Å². The summed E-state index contributed by atoms with van der Waals surface area (Å²) >= 11 is 0. The van der Waals surface area contributed by atoms with Gasteiger partial charge < -0.3 is 5.73 Å². The van der Waals surface area contributed by atoms with E-state index in [0.29, 0.717) is 19.6 Å². The summed E-state index contributed by atoms with van der Waals surface area (Å²) in [5.74, 6) is 0.174. The van der Waals surface area contributed by atoms with Crippen molar-refractivity contribution in [2.24, 2.45) is 11.7 Å². The number of rotatable bonds is 5. The highest BCUT2D eigenvalue weighted by atomic mass is 35.5. The lowest BCUT2D eigenvalue weighted by atomic mass is 10.0. The van der Waals surface area contributed by atoms with E-state index in [2.05, 4.69) is 4.72 Å². The van der Waals surface area contributed by atoms with Gasteiger partial charge in [-0.05, 0) is 56.6 Å². The van der Waals surface area contributed by atoms with Gasteiger partial charge in [0.15, 0.2) is 0 Å². The molecule has 1 heterocycles. The first-order chi connectivity index (χ1) is 10.3. The number of halogens is 1. The Hall–Kier alpha value is -0.710. The van der Waals surface area contributed by atoms with Gasteiger partial charge in [-0.1, -0.05) is 0 Å². The van der Waals surface area contributed by atoms with Crippen molar-refractivity contribution in [1.82, 2.24) is 9.03 Å². The molecule has 1 aliphatic heterocycles. The molecule has 1 aliphatic rings. The van der Waals surface area contributed by atoms with E-state index >= 15 is 0 Å². The van der Waals surface area contributed by atoms with E-state index < -0.39 is 20.0 Å². The van der Waals surface area contributed by atoms with E-state index in [0.717, 1.165) is 12.8 Å². The quantitative estimate of drug-likeness (QED) is 0.763. The van der Waals surface area contributed by atoms with Crippen molar-refractivity contribution in [2.75, 3.05) is 26.7 Å². The topological polar surface area (TPSA) is 110 Å². The van der Waals surface area contributed by atoms with Crippen molar-refractivity contribution in [3.8, 4) is 0 Å². The molecule has 1 aromatic carbocycles. The molecule has 10 heteroatoms. The minimum atomic E-state index is -3.61. The molecule has 1 aromatic rings. The molecule has 0 aromatic heterocycles. The zero-order valence-electron chi connectivity index (χ0n) is 12.8. The fourth-order valence-electron chi connectivity index (χ4n) is 2.50. The summed E-state index contributed by atoms with van der Waals surface area (Å²) in [6.45, 7) is 1.34. The van der Waals surface area contributed by atoms with Crippen LogP contribution < -0.4 is 10.5 Å². The van der Waals surface area contributed by atoms with Crippen LogP contribution in [-0.4, -0.2) is 47.8 Å². The highest BCUT2D eigenvalue weighted by Crippen LogP contribution is 2.24. The molecule has 1 unspecified atom stereocenters. The maximum absolute atomic E-state index is 12.6. The van der Waals surface area contributed by atoms with E-state index in [4.69, 9.17) is 5.73 Å². The average molecular weight is 384 g/mol. The first-order valence-electron chi connectivity index (χ1n) is 7.05. The van der Waals surface area contributed by atoms with Crippen molar-refractivity contribution in [3.05, 3.63) is 24.3 Å². The first kappa shape index (κ1) is 20.3. The van der Waals surface area contributed by atoms with Crippen LogP contribution in [0.1, 0.15) is 12.8 Å². The normalized spacial score (nSPS) is 20.0. The van der Waals surface area contributed by atoms with Gasteiger partial charge in [0, 0.05) is 13.1 Å². The van der Waals surface area contributed by atoms with E-state index in [1.54, 1.807) is 0 Å². The highest BCUT2D eigenvalue weighted by molar-refractivity contribution is 7.89. The molecule has 1 atom stereocenters. The standard InChI is InChI=1S/C13H21N3O4S2.ClH/c1-15-21(17,18)12-4-6-13(7-5-12)22(19,20)16-8-2-3-11(9-14)10-16;/h4-7,11,15H,2-3,8-10,14H2,1H3;1H. The molecule has 0 bridgehead atoms. The molecule has 23 heavy (non-hydrogen) atoms. The van der Waals surface area contributed by atoms with Crippen LogP contribution >= 0.6 is 12.4 Å². The maximum atomic E-state index is 12.6. The summed E-state index contributed by atoms with van der Waals surface area (Å²) < 4.78 is 52.1. The minimum absolute atomic E-state index is 0. The van der Waals surface area contributed by atoms with Crippen LogP contribution in [-0.2, 0) is 20.0 Å². The van der Waals surface area contributed by atoms with Gasteiger partial charge in [-0.25, -0.2) is 21.6 Å². The number of sulfonamides is 2. The Bertz CT molecular complexity index is 720. The summed E-state index contributed by atoms with van der Waals surface area (Å²) in [5, 5.41) is 0. The number of piperidine rings is 1. The lowest BCUT2D eigenvalue weighted by Gasteiger charge is -2.31. The first-order valence-corrected chi connectivity index (χ1v) is 9.97. The van der Waals surface area contributed by atoms with Gasteiger partial charge in [-0.2, -0.15) is 4.31 Å². The summed E-state index contributed by atoms with van der Waals surface area (Å²) in [6, 6.07) is 5.24. The lowest BCUT2D eigenvalue weighted by molar-refractivity contribution is 0.271. The average Bonchev–Trinajstić information content (AvgIpc) is 2.55. The molecule has 0 radical (unpaired) electrons. The predicted molar refractivity (Wildman–Crippen MR) is 90.5 cm³/mol. The second kappa shape index (κ2) is 7.91. The molecule has 3 N–H and O–H groups in total. The third kappa shape index (κ3) is 4.43. The third-order valence-corrected chi connectivity index (χ3v) is 7.17. The molecule has 0 saturated carbocycles. The Morgan fingerprint density at radius 3 is 2.26 bits per heavy atom. The molecule has 1 fully saturated rings. The molecule has 0 amide bonds. The molecular formula is C13H22ClN3O4S2. The molecule has 2 rings (SSSR count). The molecule has 0 aliphatic carbocycles. The van der Waals surface area contributed by atoms with Crippen molar-refractivity contribution in [1.29, 1.82) is 0 Å². The van der Waals surface area contributed by atoms with Crippen LogP contribution in [0.3, 0.4) is 0 Å². The smallest absolute Gasteiger partial charge is 0.243 e. The van der Waals surface area contributed by atoms with Gasteiger partial charge in [0.2, 0.25) is 20.0 Å². The number of hydrogen-bond donors (Lipinski definition) is 2. The summed E-state index contributed by atoms with van der Waals surface area (Å²) in [5.41, 5.74) is 5.64. The minimum Gasteiger partial charge on any atom is -0.330 e. The zero-order valence-corrected chi connectivity index (χ0v) is 15.3. The SMILES string of the molecule is CNS(=O)(=O)c1ccc(S(=O)(=O)N2CCCC(CN)C2)cc1.Cl.